The van der Waals surface area contributed by atoms with Crippen LogP contribution in [-0.2, 0) is 10.1 Å². The maximum absolute atomic E-state index is 13.0. The van der Waals surface area contributed by atoms with E-state index in [9.17, 15) is 14.4 Å². The van der Waals surface area contributed by atoms with Crippen LogP contribution in [0.15, 0.2) is 54.9 Å². The number of anilines is 4. The van der Waals surface area contributed by atoms with Gasteiger partial charge in [-0.2, -0.15) is 5.10 Å². The number of nitrogens with one attached hydrogen (secondary N) is 3. The van der Waals surface area contributed by atoms with Crippen LogP contribution in [0.3, 0.4) is 0 Å². The van der Waals surface area contributed by atoms with Crippen molar-refractivity contribution in [2.24, 2.45) is 5.92 Å². The minimum atomic E-state index is -1.37. The van der Waals surface area contributed by atoms with Crippen LogP contribution in [0.1, 0.15) is 83.8 Å². The zero-order chi connectivity index (χ0) is 35.3. The van der Waals surface area contributed by atoms with Crippen molar-refractivity contribution in [3.05, 3.63) is 77.5 Å². The zero-order valence-electron chi connectivity index (χ0n) is 28.7. The summed E-state index contributed by atoms with van der Waals surface area (Å²) < 4.78 is 2.10. The number of hydrogen-bond acceptors (Lipinski definition) is 9. The van der Waals surface area contributed by atoms with Crippen molar-refractivity contribution >= 4 is 56.2 Å². The number of carbonyl (C=O) groups is 3. The van der Waals surface area contributed by atoms with Gasteiger partial charge in [-0.25, -0.2) is 9.97 Å². The molecule has 12 nitrogen and oxygen atoms in total. The average molecular weight is 667 g/mol. The highest BCUT2D eigenvalue weighted by Gasteiger charge is 2.43. The molecule has 3 aliphatic rings. The van der Waals surface area contributed by atoms with Crippen molar-refractivity contribution < 1.29 is 14.4 Å². The van der Waals surface area contributed by atoms with Crippen molar-refractivity contribution in [3.8, 4) is 11.1 Å². The molecule has 1 aliphatic carbocycles. The smallest absolute Gasteiger partial charge is 0.269 e. The lowest BCUT2D eigenvalue weighted by Crippen LogP contribution is -2.60. The molecule has 2 aliphatic heterocycles. The molecule has 50 heavy (non-hydrogen) atoms. The molecule has 2 amide bonds. The Hall–Kier alpha value is -4.97. The van der Waals surface area contributed by atoms with Crippen LogP contribution < -0.4 is 20.9 Å². The van der Waals surface area contributed by atoms with Crippen molar-refractivity contribution in [1.82, 2.24) is 30.0 Å². The first-order valence-electron chi connectivity index (χ1n) is 17.1. The van der Waals surface area contributed by atoms with E-state index < -0.39 is 5.34 Å². The highest BCUT2D eigenvalue weighted by atomic mass is 16.2. The fourth-order valence-electron chi connectivity index (χ4n) is 7.00. The molecule has 4 aromatic rings. The minimum Gasteiger partial charge on any atom is -0.364 e. The van der Waals surface area contributed by atoms with Crippen molar-refractivity contribution in [1.29, 1.82) is 0 Å². The van der Waals surface area contributed by atoms with Crippen LogP contribution >= 0.6 is 0 Å². The number of rotatable bonds is 11. The van der Waals surface area contributed by atoms with Crippen LogP contribution in [0.25, 0.3) is 11.1 Å². The summed E-state index contributed by atoms with van der Waals surface area (Å²) in [5.74, 6) is 0.0422. The van der Waals surface area contributed by atoms with Gasteiger partial charge in [0.05, 0.1) is 62.3 Å². The van der Waals surface area contributed by atoms with Gasteiger partial charge in [0.1, 0.15) is 11.5 Å². The van der Waals surface area contributed by atoms with Gasteiger partial charge in [0, 0.05) is 68.6 Å². The Kier molecular flexibility index (Phi) is 8.75. The summed E-state index contributed by atoms with van der Waals surface area (Å²) in [4.78, 5) is 50.7. The largest absolute Gasteiger partial charge is 0.364 e. The number of nitrogens with zero attached hydrogens (tertiary/aromatic N) is 6. The first-order valence-corrected chi connectivity index (χ1v) is 17.1. The number of Topliss-reactive ketones (excluding diaryl/α,β-unsaturated/α-hetero) is 1. The van der Waals surface area contributed by atoms with Crippen molar-refractivity contribution in [3.63, 3.8) is 0 Å². The summed E-state index contributed by atoms with van der Waals surface area (Å²) in [7, 11) is 16.9. The number of ketones is 1. The first-order chi connectivity index (χ1) is 24.0. The Morgan fingerprint density at radius 2 is 1.76 bits per heavy atom. The molecular formula is C36H39B2N9O3. The number of hydrogen-bond donors (Lipinski definition) is 3. The van der Waals surface area contributed by atoms with Crippen LogP contribution in [0.2, 0.25) is 0 Å². The number of aromatic nitrogens is 4. The lowest BCUT2D eigenvalue weighted by atomic mass is 9.57. The van der Waals surface area contributed by atoms with Crippen molar-refractivity contribution in [2.45, 2.75) is 57.0 Å². The number of benzene rings is 1. The molecule has 0 spiro atoms. The van der Waals surface area contributed by atoms with E-state index in [1.165, 1.54) is 0 Å². The highest BCUT2D eigenvalue weighted by Crippen LogP contribution is 2.50. The van der Waals surface area contributed by atoms with E-state index in [4.69, 9.17) is 20.8 Å². The van der Waals surface area contributed by atoms with E-state index in [2.05, 4.69) is 55.5 Å². The van der Waals surface area contributed by atoms with Gasteiger partial charge in [0.2, 0.25) is 5.91 Å². The molecule has 3 N–H and O–H groups in total. The van der Waals surface area contributed by atoms with Gasteiger partial charge in [-0.1, -0.05) is 32.0 Å². The molecule has 1 saturated heterocycles. The lowest BCUT2D eigenvalue weighted by molar-refractivity contribution is -0.117. The Morgan fingerprint density at radius 3 is 2.46 bits per heavy atom. The van der Waals surface area contributed by atoms with Gasteiger partial charge in [-0.3, -0.25) is 19.1 Å². The van der Waals surface area contributed by atoms with E-state index in [1.807, 2.05) is 30.2 Å². The average Bonchev–Trinajstić information content (AvgIpc) is 3.87. The minimum absolute atomic E-state index is 0.00555. The molecule has 1 saturated carbocycles. The van der Waals surface area contributed by atoms with E-state index in [0.29, 0.717) is 42.3 Å². The molecule has 2 fully saturated rings. The van der Waals surface area contributed by atoms with Gasteiger partial charge in [-0.05, 0) is 42.8 Å². The molecule has 7 rings (SSSR count). The molecule has 4 radical (unpaired) electrons. The summed E-state index contributed by atoms with van der Waals surface area (Å²) >= 11 is 0. The maximum Gasteiger partial charge on any atom is 0.269 e. The monoisotopic (exact) mass is 667 g/mol. The third-order valence-corrected chi connectivity index (χ3v) is 10.0. The Balaban J connectivity index is 1.18. The summed E-state index contributed by atoms with van der Waals surface area (Å²) in [6.07, 6.45) is 6.38. The van der Waals surface area contributed by atoms with Gasteiger partial charge in [0.25, 0.3) is 5.91 Å². The SMILES string of the molecule is [B]C([B])(c1cccc(C(=O)NC)n1)N1CC(n2ncc3c2C(CC)N(C)c2c(Nc4cc(NC(=O)C5CC5)ncc4C(=O)CC)cccc2-3)C1. The fourth-order valence-corrected chi connectivity index (χ4v) is 7.00. The summed E-state index contributed by atoms with van der Waals surface area (Å²) in [5, 5.41) is 12.6. The first kappa shape index (κ1) is 33.5. The van der Waals surface area contributed by atoms with Crippen LogP contribution in [0, 0.1) is 5.92 Å². The molecule has 1 unspecified atom stereocenters. The predicted octanol–water partition coefficient (Wildman–Crippen LogP) is 4.29. The lowest BCUT2D eigenvalue weighted by Gasteiger charge is -2.50. The Labute approximate surface area is 294 Å². The Bertz CT molecular complexity index is 1990. The van der Waals surface area contributed by atoms with Crippen molar-refractivity contribution in [2.75, 3.05) is 42.7 Å². The second kappa shape index (κ2) is 13.1. The molecule has 1 aromatic carbocycles. The number of amides is 2. The number of fused-ring (bicyclic) bond motifs is 3. The fraction of sp³-hybridized carbons (Fsp3) is 0.389. The number of likely N-dealkylation sites (tertiary alicyclic amines) is 1. The molecule has 0 bridgehead atoms. The number of para-hydroxylation sites is 1. The topological polar surface area (TPSA) is 137 Å². The van der Waals surface area contributed by atoms with E-state index in [-0.39, 0.29) is 41.3 Å². The van der Waals surface area contributed by atoms with Crippen LogP contribution in [-0.4, -0.2) is 85.1 Å². The standard InChI is InChI=1S/C36H39B2N9O3/c1-5-28-33-23(17-41-47(33)21-18-46(19-21)36(37,38)30-12-8-11-26(43-30)35(50)39-3)22-9-7-10-25(32(22)45(28)4)42-27-15-31(44-34(49)20-13-14-20)40-16-24(27)29(48)6-2/h7-12,15-17,20-21,28H,5-6,13-14,18-19H2,1-4H3,(H,39,50)(H2,40,42,44,49). The third kappa shape index (κ3) is 5.85. The molecule has 14 heteroatoms. The van der Waals surface area contributed by atoms with Gasteiger partial charge in [-0.15, -0.1) is 0 Å². The normalized spacial score (nSPS) is 17.4. The quantitative estimate of drug-likeness (QED) is 0.158. The van der Waals surface area contributed by atoms with E-state index in [0.717, 1.165) is 47.5 Å². The molecule has 252 valence electrons. The van der Waals surface area contributed by atoms with Gasteiger partial charge in [0.15, 0.2) is 5.78 Å². The van der Waals surface area contributed by atoms with Gasteiger partial charge >= 0.3 is 0 Å². The zero-order valence-corrected chi connectivity index (χ0v) is 28.7. The second-order valence-electron chi connectivity index (χ2n) is 13.3. The Morgan fingerprint density at radius 1 is 1.00 bits per heavy atom. The van der Waals surface area contributed by atoms with E-state index >= 15 is 0 Å². The number of pyridine rings is 2. The molecule has 1 atom stereocenters. The maximum atomic E-state index is 13.0. The highest BCUT2D eigenvalue weighted by molar-refractivity contribution is 6.39. The van der Waals surface area contributed by atoms with Gasteiger partial charge < -0.3 is 25.8 Å². The molecular weight excluding hydrogens is 628 g/mol. The summed E-state index contributed by atoms with van der Waals surface area (Å²) in [6, 6.07) is 12.9. The van der Waals surface area contributed by atoms with Crippen LogP contribution in [0.4, 0.5) is 22.9 Å². The summed E-state index contributed by atoms with van der Waals surface area (Å²) in [5.41, 5.74) is 6.70. The summed E-state index contributed by atoms with van der Waals surface area (Å²) in [6.45, 7) is 5.08. The molecule has 5 heterocycles. The number of carbonyl (C=O) groups excluding carboxylic acids is 3. The van der Waals surface area contributed by atoms with E-state index in [1.54, 1.807) is 37.5 Å². The second-order valence-corrected chi connectivity index (χ2v) is 13.3. The van der Waals surface area contributed by atoms with Crippen LogP contribution in [0.5, 0.6) is 0 Å². The molecule has 3 aromatic heterocycles. The third-order valence-electron chi connectivity index (χ3n) is 10.0. The predicted molar refractivity (Wildman–Crippen MR) is 194 cm³/mol.